The molecule has 100 valence electrons. The summed E-state index contributed by atoms with van der Waals surface area (Å²) in [6.45, 7) is 6.82. The molecule has 1 heterocycles. The molecule has 2 heteroatoms. The number of methoxy groups -OCH3 is 1. The summed E-state index contributed by atoms with van der Waals surface area (Å²) in [4.78, 5) is 0. The van der Waals surface area contributed by atoms with Crippen LogP contribution in [-0.2, 0) is 6.42 Å². The second-order valence-electron chi connectivity index (χ2n) is 5.62. The molecule has 1 aliphatic rings. The molecule has 1 aromatic carbocycles. The zero-order chi connectivity index (χ0) is 13.0. The first-order chi connectivity index (χ1) is 8.70. The van der Waals surface area contributed by atoms with Gasteiger partial charge < -0.3 is 10.1 Å². The van der Waals surface area contributed by atoms with Gasteiger partial charge in [0, 0.05) is 0 Å². The van der Waals surface area contributed by atoms with E-state index >= 15 is 0 Å². The molecular formula is C16H25NO. The Balaban J connectivity index is 2.15. The molecule has 2 nitrogen and oxygen atoms in total. The number of ether oxygens (including phenoxy) is 1. The monoisotopic (exact) mass is 247 g/mol. The van der Waals surface area contributed by atoms with Gasteiger partial charge in [0.15, 0.2) is 0 Å². The molecule has 1 saturated heterocycles. The first-order valence-electron chi connectivity index (χ1n) is 7.08. The van der Waals surface area contributed by atoms with Gasteiger partial charge in [0.25, 0.3) is 0 Å². The normalized spacial score (nSPS) is 17.1. The van der Waals surface area contributed by atoms with E-state index in [1.807, 2.05) is 0 Å². The highest BCUT2D eigenvalue weighted by atomic mass is 16.5. The fraction of sp³-hybridized carbons (Fsp3) is 0.625. The first kappa shape index (κ1) is 13.4. The largest absolute Gasteiger partial charge is 0.496 e. The molecule has 0 atom stereocenters. The fourth-order valence-corrected chi connectivity index (χ4v) is 2.71. The van der Waals surface area contributed by atoms with Crippen molar-refractivity contribution in [2.75, 3.05) is 20.2 Å². The van der Waals surface area contributed by atoms with E-state index in [1.54, 1.807) is 7.11 Å². The number of rotatable bonds is 4. The van der Waals surface area contributed by atoms with E-state index in [4.69, 9.17) is 4.74 Å². The predicted molar refractivity (Wildman–Crippen MR) is 76.4 cm³/mol. The maximum absolute atomic E-state index is 5.51. The summed E-state index contributed by atoms with van der Waals surface area (Å²) in [5.74, 6) is 2.45. The van der Waals surface area contributed by atoms with Crippen molar-refractivity contribution in [3.05, 3.63) is 29.3 Å². The number of nitrogens with one attached hydrogen (secondary N) is 1. The number of hydrogen-bond acceptors (Lipinski definition) is 2. The maximum Gasteiger partial charge on any atom is 0.122 e. The highest BCUT2D eigenvalue weighted by molar-refractivity contribution is 5.38. The van der Waals surface area contributed by atoms with Gasteiger partial charge in [-0.15, -0.1) is 0 Å². The second-order valence-corrected chi connectivity index (χ2v) is 5.62. The maximum atomic E-state index is 5.51. The lowest BCUT2D eigenvalue weighted by Gasteiger charge is -2.24. The van der Waals surface area contributed by atoms with E-state index in [2.05, 4.69) is 37.4 Å². The SMILES string of the molecule is COc1ccc(C(C)C)cc1CC1CCNCC1. The van der Waals surface area contributed by atoms with E-state index in [1.165, 1.54) is 24.0 Å². The lowest BCUT2D eigenvalue weighted by Crippen LogP contribution is -2.28. The molecule has 0 aromatic heterocycles. The number of hydrogen-bond donors (Lipinski definition) is 1. The molecule has 2 rings (SSSR count). The Morgan fingerprint density at radius 2 is 2.00 bits per heavy atom. The topological polar surface area (TPSA) is 21.3 Å². The molecule has 1 N–H and O–H groups in total. The van der Waals surface area contributed by atoms with Gasteiger partial charge in [0.05, 0.1) is 7.11 Å². The predicted octanol–water partition coefficient (Wildman–Crippen LogP) is 3.36. The van der Waals surface area contributed by atoms with Crippen LogP contribution in [0.2, 0.25) is 0 Å². The van der Waals surface area contributed by atoms with Crippen molar-refractivity contribution in [1.82, 2.24) is 5.32 Å². The van der Waals surface area contributed by atoms with Gasteiger partial charge in [-0.1, -0.05) is 26.0 Å². The molecule has 0 spiro atoms. The number of benzene rings is 1. The van der Waals surface area contributed by atoms with E-state index in [0.29, 0.717) is 5.92 Å². The third kappa shape index (κ3) is 3.26. The van der Waals surface area contributed by atoms with Gasteiger partial charge in [-0.05, 0) is 61.4 Å². The zero-order valence-electron chi connectivity index (χ0n) is 11.8. The van der Waals surface area contributed by atoms with Crippen LogP contribution in [0.5, 0.6) is 5.75 Å². The summed E-state index contributed by atoms with van der Waals surface area (Å²) < 4.78 is 5.51. The molecule has 0 saturated carbocycles. The van der Waals surface area contributed by atoms with Crippen molar-refractivity contribution in [3.63, 3.8) is 0 Å². The molecule has 0 radical (unpaired) electrons. The van der Waals surface area contributed by atoms with Crippen LogP contribution in [0, 0.1) is 5.92 Å². The van der Waals surface area contributed by atoms with Crippen molar-refractivity contribution in [2.45, 2.75) is 39.0 Å². The van der Waals surface area contributed by atoms with E-state index in [9.17, 15) is 0 Å². The summed E-state index contributed by atoms with van der Waals surface area (Å²) in [7, 11) is 1.77. The zero-order valence-corrected chi connectivity index (χ0v) is 11.8. The third-order valence-corrected chi connectivity index (χ3v) is 3.94. The van der Waals surface area contributed by atoms with Crippen molar-refractivity contribution in [2.24, 2.45) is 5.92 Å². The van der Waals surface area contributed by atoms with Crippen molar-refractivity contribution in [3.8, 4) is 5.75 Å². The first-order valence-corrected chi connectivity index (χ1v) is 7.08. The van der Waals surface area contributed by atoms with Crippen LogP contribution in [0.3, 0.4) is 0 Å². The molecule has 0 unspecified atom stereocenters. The molecule has 1 aliphatic heterocycles. The molecule has 0 amide bonds. The molecular weight excluding hydrogens is 222 g/mol. The van der Waals surface area contributed by atoms with E-state index < -0.39 is 0 Å². The van der Waals surface area contributed by atoms with Gasteiger partial charge in [-0.25, -0.2) is 0 Å². The summed E-state index contributed by atoms with van der Waals surface area (Å²) >= 11 is 0. The number of piperidine rings is 1. The van der Waals surface area contributed by atoms with Gasteiger partial charge in [-0.2, -0.15) is 0 Å². The Labute approximate surface area is 111 Å². The molecule has 1 fully saturated rings. The van der Waals surface area contributed by atoms with Gasteiger partial charge in [-0.3, -0.25) is 0 Å². The van der Waals surface area contributed by atoms with Crippen molar-refractivity contribution < 1.29 is 4.74 Å². The summed E-state index contributed by atoms with van der Waals surface area (Å²) in [6.07, 6.45) is 3.73. The van der Waals surface area contributed by atoms with Crippen LogP contribution >= 0.6 is 0 Å². The average molecular weight is 247 g/mol. The minimum Gasteiger partial charge on any atom is -0.496 e. The smallest absolute Gasteiger partial charge is 0.122 e. The highest BCUT2D eigenvalue weighted by Gasteiger charge is 2.16. The van der Waals surface area contributed by atoms with Crippen LogP contribution in [0.4, 0.5) is 0 Å². The summed E-state index contributed by atoms with van der Waals surface area (Å²) in [5, 5.41) is 3.43. The fourth-order valence-electron chi connectivity index (χ4n) is 2.71. The van der Waals surface area contributed by atoms with Crippen molar-refractivity contribution >= 4 is 0 Å². The Kier molecular flexibility index (Phi) is 4.65. The standard InChI is InChI=1S/C16H25NO/c1-12(2)14-4-5-16(18-3)15(11-14)10-13-6-8-17-9-7-13/h4-5,11-13,17H,6-10H2,1-3H3. The van der Waals surface area contributed by atoms with Crippen LogP contribution in [-0.4, -0.2) is 20.2 Å². The molecule has 18 heavy (non-hydrogen) atoms. The molecule has 0 aliphatic carbocycles. The van der Waals surface area contributed by atoms with E-state index in [-0.39, 0.29) is 0 Å². The molecule has 1 aromatic rings. The minimum atomic E-state index is 0.586. The Morgan fingerprint density at radius 1 is 1.28 bits per heavy atom. The minimum absolute atomic E-state index is 0.586. The Hall–Kier alpha value is -1.02. The average Bonchev–Trinajstić information content (AvgIpc) is 2.39. The summed E-state index contributed by atoms with van der Waals surface area (Å²) in [6, 6.07) is 6.66. The van der Waals surface area contributed by atoms with Gasteiger partial charge in [0.2, 0.25) is 0 Å². The second kappa shape index (κ2) is 6.24. The van der Waals surface area contributed by atoms with Crippen LogP contribution in [0.15, 0.2) is 18.2 Å². The Bertz CT molecular complexity index is 381. The highest BCUT2D eigenvalue weighted by Crippen LogP contribution is 2.28. The van der Waals surface area contributed by atoms with Gasteiger partial charge >= 0.3 is 0 Å². The van der Waals surface area contributed by atoms with Crippen molar-refractivity contribution in [1.29, 1.82) is 0 Å². The third-order valence-electron chi connectivity index (χ3n) is 3.94. The van der Waals surface area contributed by atoms with Crippen LogP contribution in [0.25, 0.3) is 0 Å². The van der Waals surface area contributed by atoms with E-state index in [0.717, 1.165) is 31.2 Å². The lowest BCUT2D eigenvalue weighted by molar-refractivity contribution is 0.361. The van der Waals surface area contributed by atoms with Crippen LogP contribution in [0.1, 0.15) is 43.7 Å². The van der Waals surface area contributed by atoms with Gasteiger partial charge in [0.1, 0.15) is 5.75 Å². The Morgan fingerprint density at radius 3 is 2.61 bits per heavy atom. The quantitative estimate of drug-likeness (QED) is 0.881. The van der Waals surface area contributed by atoms with Crippen LogP contribution < -0.4 is 10.1 Å². The lowest BCUT2D eigenvalue weighted by atomic mass is 9.89. The molecule has 0 bridgehead atoms. The summed E-state index contributed by atoms with van der Waals surface area (Å²) in [5.41, 5.74) is 2.80.